The van der Waals surface area contributed by atoms with E-state index in [9.17, 15) is 40.2 Å². The van der Waals surface area contributed by atoms with Gasteiger partial charge in [0.1, 0.15) is 36.6 Å². The number of carbonyl (C=O) groups is 2. The van der Waals surface area contributed by atoms with Gasteiger partial charge >= 0.3 is 11.9 Å². The van der Waals surface area contributed by atoms with Gasteiger partial charge in [0.15, 0.2) is 35.7 Å². The summed E-state index contributed by atoms with van der Waals surface area (Å²) in [6.45, 7) is 3.12. The first-order valence-corrected chi connectivity index (χ1v) is 16.9. The Morgan fingerprint density at radius 3 is 2.31 bits per heavy atom. The van der Waals surface area contributed by atoms with Gasteiger partial charge < -0.3 is 75.4 Å². The number of ether oxygens (including phenoxy) is 6. The number of carbonyl (C=O) groups excluding carboxylic acids is 1. The molecule has 5 atom stereocenters. The number of hydrogen-bond donors (Lipinski definition) is 9. The SMILES string of the molecule is CCNc1cc(OC2OC(COC(=O)c3cc(OC)c(O)c(OCCc4cccc(CC)c4)c3O)C(O)C(O)C2O)c(OCNC(N)=NC)cc1C(=O)O. The van der Waals surface area contributed by atoms with Crippen LogP contribution in [-0.4, -0.2) is 120 Å². The number of hydrogen-bond acceptors (Lipinski definition) is 15. The number of aliphatic hydroxyl groups excluding tert-OH is 3. The van der Waals surface area contributed by atoms with E-state index in [1.54, 1.807) is 6.92 Å². The normalized spacial score (nSPS) is 19.8. The number of aryl methyl sites for hydroxylation is 1. The maximum absolute atomic E-state index is 13.3. The Hall–Kier alpha value is -5.69. The standard InChI is InChI=1S/C36H46N4O14/c1-5-18-8-7-9-19(12-18)10-11-50-32-27(41)21(14-25(49-4)29(32)43)34(48)51-16-26-28(42)30(44)31(45)35(54-26)53-24-15-22(39-6-2)20(33(46)47)13-23(24)52-17-40-36(37)38-3/h7-9,12-15,26,28,30-31,35,39,41-45H,5-6,10-11,16-17H2,1-4H3,(H,46,47)(H3,37,38,40). The van der Waals surface area contributed by atoms with Crippen molar-refractivity contribution in [3.05, 3.63) is 64.7 Å². The molecule has 4 rings (SSSR count). The molecule has 0 aromatic heterocycles. The lowest BCUT2D eigenvalue weighted by atomic mass is 9.99. The van der Waals surface area contributed by atoms with Gasteiger partial charge in [-0.05, 0) is 24.5 Å². The Kier molecular flexibility index (Phi) is 14.4. The zero-order valence-electron chi connectivity index (χ0n) is 30.1. The first-order chi connectivity index (χ1) is 25.8. The van der Waals surface area contributed by atoms with E-state index < -0.39 is 72.1 Å². The molecule has 0 amide bonds. The fourth-order valence-corrected chi connectivity index (χ4v) is 5.40. The minimum Gasteiger partial charge on any atom is -0.504 e. The number of aromatic carboxylic acids is 1. The second kappa shape index (κ2) is 18.9. The molecule has 1 fully saturated rings. The maximum atomic E-state index is 13.3. The van der Waals surface area contributed by atoms with Crippen LogP contribution in [0.25, 0.3) is 0 Å². The summed E-state index contributed by atoms with van der Waals surface area (Å²) in [5.41, 5.74) is 7.23. The molecule has 5 unspecified atom stereocenters. The average molecular weight is 759 g/mol. The summed E-state index contributed by atoms with van der Waals surface area (Å²) in [6.07, 6.45) is -7.45. The average Bonchev–Trinajstić information content (AvgIpc) is 3.16. The van der Waals surface area contributed by atoms with Gasteiger partial charge in [0, 0.05) is 38.2 Å². The van der Waals surface area contributed by atoms with Crippen molar-refractivity contribution >= 4 is 23.6 Å². The van der Waals surface area contributed by atoms with Crippen molar-refractivity contribution in [3.8, 4) is 34.5 Å². The second-order valence-corrected chi connectivity index (χ2v) is 11.9. The summed E-state index contributed by atoms with van der Waals surface area (Å²) in [6, 6.07) is 11.3. The number of aromatic hydroxyl groups is 2. The number of rotatable bonds is 17. The van der Waals surface area contributed by atoms with Gasteiger partial charge in [-0.15, -0.1) is 0 Å². The number of nitrogens with zero attached hydrogens (tertiary/aromatic N) is 1. The number of guanidine groups is 1. The number of phenolic OH excluding ortho intramolecular Hbond substituents is 2. The third-order valence-electron chi connectivity index (χ3n) is 8.36. The Bertz CT molecular complexity index is 1810. The van der Waals surface area contributed by atoms with Crippen LogP contribution in [-0.2, 0) is 22.3 Å². The number of phenols is 2. The third-order valence-corrected chi connectivity index (χ3v) is 8.36. The number of anilines is 1. The van der Waals surface area contributed by atoms with Gasteiger partial charge in [-0.25, -0.2) is 9.59 Å². The summed E-state index contributed by atoms with van der Waals surface area (Å²) >= 11 is 0. The molecule has 3 aromatic carbocycles. The molecule has 294 valence electrons. The van der Waals surface area contributed by atoms with Gasteiger partial charge in [0.05, 0.1) is 25.0 Å². The molecule has 0 bridgehead atoms. The summed E-state index contributed by atoms with van der Waals surface area (Å²) in [5.74, 6) is -4.58. The van der Waals surface area contributed by atoms with Crippen LogP contribution in [0.4, 0.5) is 5.69 Å². The van der Waals surface area contributed by atoms with Crippen LogP contribution in [0.1, 0.15) is 45.7 Å². The fraction of sp³-hybridized carbons (Fsp3) is 0.417. The summed E-state index contributed by atoms with van der Waals surface area (Å²) in [7, 11) is 2.67. The molecular formula is C36H46N4O14. The van der Waals surface area contributed by atoms with Gasteiger partial charge in [0.25, 0.3) is 0 Å². The molecular weight excluding hydrogens is 712 g/mol. The summed E-state index contributed by atoms with van der Waals surface area (Å²) < 4.78 is 33.5. The van der Waals surface area contributed by atoms with Crippen molar-refractivity contribution < 1.29 is 68.6 Å². The molecule has 1 aliphatic rings. The van der Waals surface area contributed by atoms with E-state index in [1.807, 2.05) is 31.2 Å². The van der Waals surface area contributed by atoms with Crippen molar-refractivity contribution in [2.24, 2.45) is 10.7 Å². The largest absolute Gasteiger partial charge is 0.504 e. The number of nitrogens with two attached hydrogens (primary N) is 1. The lowest BCUT2D eigenvalue weighted by molar-refractivity contribution is -0.277. The highest BCUT2D eigenvalue weighted by Gasteiger charge is 2.46. The van der Waals surface area contributed by atoms with Gasteiger partial charge in [0.2, 0.25) is 17.8 Å². The van der Waals surface area contributed by atoms with E-state index in [0.717, 1.165) is 29.7 Å². The van der Waals surface area contributed by atoms with E-state index >= 15 is 0 Å². The van der Waals surface area contributed by atoms with Crippen molar-refractivity contribution in [2.45, 2.75) is 57.4 Å². The Balaban J connectivity index is 1.52. The second-order valence-electron chi connectivity index (χ2n) is 11.9. The van der Waals surface area contributed by atoms with Crippen LogP contribution in [0.15, 0.2) is 47.5 Å². The van der Waals surface area contributed by atoms with Crippen LogP contribution in [0, 0.1) is 0 Å². The molecule has 0 aliphatic carbocycles. The van der Waals surface area contributed by atoms with Crippen LogP contribution in [0.2, 0.25) is 0 Å². The molecule has 18 heteroatoms. The monoisotopic (exact) mass is 758 g/mol. The van der Waals surface area contributed by atoms with Crippen molar-refractivity contribution in [1.82, 2.24) is 5.32 Å². The Morgan fingerprint density at radius 2 is 1.65 bits per heavy atom. The smallest absolute Gasteiger partial charge is 0.342 e. The molecule has 0 saturated carbocycles. The number of methoxy groups -OCH3 is 1. The number of carboxylic acid groups (broad SMARTS) is 1. The fourth-order valence-electron chi connectivity index (χ4n) is 5.40. The molecule has 18 nitrogen and oxygen atoms in total. The molecule has 1 saturated heterocycles. The van der Waals surface area contributed by atoms with Crippen LogP contribution < -0.4 is 35.3 Å². The Morgan fingerprint density at radius 1 is 0.926 bits per heavy atom. The van der Waals surface area contributed by atoms with Crippen LogP contribution >= 0.6 is 0 Å². The molecule has 3 aromatic rings. The van der Waals surface area contributed by atoms with Crippen molar-refractivity contribution in [2.75, 3.05) is 46.0 Å². The third kappa shape index (κ3) is 9.84. The lowest BCUT2D eigenvalue weighted by Crippen LogP contribution is -2.60. The first kappa shape index (κ1) is 41.1. The van der Waals surface area contributed by atoms with Gasteiger partial charge in [-0.1, -0.05) is 31.2 Å². The number of aliphatic imine (C=N–C) groups is 1. The van der Waals surface area contributed by atoms with Gasteiger partial charge in [-0.2, -0.15) is 0 Å². The quantitative estimate of drug-likeness (QED) is 0.0407. The van der Waals surface area contributed by atoms with E-state index in [4.69, 9.17) is 34.2 Å². The number of nitrogens with one attached hydrogen (secondary N) is 2. The summed E-state index contributed by atoms with van der Waals surface area (Å²) in [5, 5.41) is 69.2. The highest BCUT2D eigenvalue weighted by molar-refractivity contribution is 5.96. The molecule has 10 N–H and O–H groups in total. The minimum atomic E-state index is -1.87. The first-order valence-electron chi connectivity index (χ1n) is 16.9. The molecule has 1 aliphatic heterocycles. The van der Waals surface area contributed by atoms with Crippen molar-refractivity contribution in [1.29, 1.82) is 0 Å². The molecule has 54 heavy (non-hydrogen) atoms. The van der Waals surface area contributed by atoms with E-state index in [0.29, 0.717) is 13.0 Å². The maximum Gasteiger partial charge on any atom is 0.342 e. The van der Waals surface area contributed by atoms with E-state index in [-0.39, 0.29) is 47.8 Å². The topological polar surface area (TPSA) is 273 Å². The van der Waals surface area contributed by atoms with E-state index in [1.165, 1.54) is 20.2 Å². The highest BCUT2D eigenvalue weighted by Crippen LogP contribution is 2.46. The number of benzene rings is 3. The van der Waals surface area contributed by atoms with Crippen LogP contribution in [0.5, 0.6) is 34.5 Å². The lowest BCUT2D eigenvalue weighted by Gasteiger charge is -2.40. The highest BCUT2D eigenvalue weighted by atomic mass is 16.7. The molecule has 1 heterocycles. The predicted octanol–water partition coefficient (Wildman–Crippen LogP) is 1.33. The Labute approximate surface area is 310 Å². The van der Waals surface area contributed by atoms with E-state index in [2.05, 4.69) is 15.6 Å². The number of aliphatic hydroxyl groups is 3. The molecule has 0 spiro atoms. The zero-order chi connectivity index (χ0) is 39.5. The minimum absolute atomic E-state index is 0.0251. The molecule has 0 radical (unpaired) electrons. The van der Waals surface area contributed by atoms with Crippen LogP contribution in [0.3, 0.4) is 0 Å². The van der Waals surface area contributed by atoms with Crippen molar-refractivity contribution in [3.63, 3.8) is 0 Å². The zero-order valence-corrected chi connectivity index (χ0v) is 30.1. The summed E-state index contributed by atoms with van der Waals surface area (Å²) in [4.78, 5) is 29.0. The number of carboxylic acids is 1. The number of esters is 1. The van der Waals surface area contributed by atoms with Gasteiger partial charge in [-0.3, -0.25) is 4.99 Å². The predicted molar refractivity (Wildman–Crippen MR) is 193 cm³/mol.